The second kappa shape index (κ2) is 7.92. The van der Waals surface area contributed by atoms with Crippen LogP contribution in [0.1, 0.15) is 33.1 Å². The summed E-state index contributed by atoms with van der Waals surface area (Å²) in [4.78, 5) is 21.5. The molecule has 0 aromatic rings. The maximum absolute atomic E-state index is 11.2. The van der Waals surface area contributed by atoms with E-state index < -0.39 is 12.1 Å². The van der Waals surface area contributed by atoms with Crippen molar-refractivity contribution in [3.63, 3.8) is 0 Å². The van der Waals surface area contributed by atoms with Crippen LogP contribution < -0.4 is 10.6 Å². The molecule has 16 heavy (non-hydrogen) atoms. The number of urea groups is 1. The molecule has 0 radical (unpaired) electrons. The fourth-order valence-corrected chi connectivity index (χ4v) is 1.23. The highest BCUT2D eigenvalue weighted by Crippen LogP contribution is 1.94. The van der Waals surface area contributed by atoms with Crippen LogP contribution in [0.3, 0.4) is 0 Å². The summed E-state index contributed by atoms with van der Waals surface area (Å²) in [7, 11) is 0. The first-order valence-electron chi connectivity index (χ1n) is 5.42. The third-order valence-corrected chi connectivity index (χ3v) is 2.09. The lowest BCUT2D eigenvalue weighted by Crippen LogP contribution is -2.42. The number of carbonyl (C=O) groups excluding carboxylic acids is 1. The predicted molar refractivity (Wildman–Crippen MR) is 59.2 cm³/mol. The van der Waals surface area contributed by atoms with Gasteiger partial charge in [0.1, 0.15) is 0 Å². The fourth-order valence-electron chi connectivity index (χ4n) is 1.23. The average Bonchev–Trinajstić information content (AvgIpc) is 2.17. The van der Waals surface area contributed by atoms with Crippen molar-refractivity contribution in [1.29, 1.82) is 0 Å². The highest BCUT2D eigenvalue weighted by Gasteiger charge is 2.13. The number of hydrogen-bond acceptors (Lipinski definition) is 3. The monoisotopic (exact) mass is 232 g/mol. The van der Waals surface area contributed by atoms with Crippen LogP contribution in [0.25, 0.3) is 0 Å². The molecule has 0 fully saturated rings. The zero-order chi connectivity index (χ0) is 12.6. The third-order valence-electron chi connectivity index (χ3n) is 2.09. The van der Waals surface area contributed by atoms with Crippen LogP contribution >= 0.6 is 0 Å². The van der Waals surface area contributed by atoms with Gasteiger partial charge in [-0.25, -0.2) is 9.59 Å². The Labute approximate surface area is 95.0 Å². The molecule has 2 atom stereocenters. The summed E-state index contributed by atoms with van der Waals surface area (Å²) in [5, 5.41) is 22.5. The molecule has 6 nitrogen and oxygen atoms in total. The highest BCUT2D eigenvalue weighted by atomic mass is 16.4. The smallest absolute Gasteiger partial charge is 0.332 e. The molecule has 0 aromatic carbocycles. The number of rotatable bonds is 7. The van der Waals surface area contributed by atoms with E-state index in [9.17, 15) is 9.59 Å². The minimum Gasteiger partial charge on any atom is -0.479 e. The van der Waals surface area contributed by atoms with Crippen LogP contribution in [-0.4, -0.2) is 40.9 Å². The molecule has 0 bridgehead atoms. The topological polar surface area (TPSA) is 98.7 Å². The van der Waals surface area contributed by atoms with E-state index in [2.05, 4.69) is 10.6 Å². The summed E-state index contributed by atoms with van der Waals surface area (Å²) < 4.78 is 0. The number of aliphatic hydroxyl groups is 1. The predicted octanol–water partition coefficient (Wildman–Crippen LogP) is 0.310. The maximum atomic E-state index is 11.2. The number of carbonyl (C=O) groups is 2. The Morgan fingerprint density at radius 2 is 1.94 bits per heavy atom. The molecule has 0 heterocycles. The SMILES string of the molecule is CCCC(C)NC(=O)NCCC(O)C(=O)O. The quantitative estimate of drug-likeness (QED) is 0.507. The van der Waals surface area contributed by atoms with Gasteiger partial charge >= 0.3 is 12.0 Å². The summed E-state index contributed by atoms with van der Waals surface area (Å²) in [5.74, 6) is -1.28. The molecule has 0 saturated heterocycles. The molecule has 0 aliphatic heterocycles. The molecule has 6 heteroatoms. The first-order valence-corrected chi connectivity index (χ1v) is 5.42. The number of nitrogens with one attached hydrogen (secondary N) is 2. The molecule has 0 saturated carbocycles. The van der Waals surface area contributed by atoms with E-state index in [4.69, 9.17) is 10.2 Å². The maximum Gasteiger partial charge on any atom is 0.332 e. The van der Waals surface area contributed by atoms with E-state index in [1.54, 1.807) is 0 Å². The lowest BCUT2D eigenvalue weighted by molar-refractivity contribution is -0.146. The van der Waals surface area contributed by atoms with E-state index in [-0.39, 0.29) is 25.0 Å². The molecule has 0 aliphatic rings. The zero-order valence-corrected chi connectivity index (χ0v) is 9.69. The van der Waals surface area contributed by atoms with E-state index in [1.165, 1.54) is 0 Å². The number of amides is 2. The van der Waals surface area contributed by atoms with E-state index in [0.29, 0.717) is 0 Å². The van der Waals surface area contributed by atoms with E-state index >= 15 is 0 Å². The fraction of sp³-hybridized carbons (Fsp3) is 0.800. The molecular weight excluding hydrogens is 212 g/mol. The summed E-state index contributed by atoms with van der Waals surface area (Å²) in [5.41, 5.74) is 0. The van der Waals surface area contributed by atoms with Crippen molar-refractivity contribution in [3.05, 3.63) is 0 Å². The first kappa shape index (κ1) is 14.7. The number of aliphatic hydroxyl groups excluding tert-OH is 1. The second-order valence-electron chi connectivity index (χ2n) is 3.73. The van der Waals surface area contributed by atoms with Crippen LogP contribution in [0, 0.1) is 0 Å². The molecule has 4 N–H and O–H groups in total. The van der Waals surface area contributed by atoms with E-state index in [0.717, 1.165) is 12.8 Å². The van der Waals surface area contributed by atoms with Gasteiger partial charge in [0.25, 0.3) is 0 Å². The Balaban J connectivity index is 3.62. The molecule has 2 amide bonds. The van der Waals surface area contributed by atoms with Gasteiger partial charge in [-0.05, 0) is 13.3 Å². The third kappa shape index (κ3) is 7.05. The molecule has 94 valence electrons. The Kier molecular flexibility index (Phi) is 7.28. The summed E-state index contributed by atoms with van der Waals surface area (Å²) in [6.07, 6.45) is 0.461. The van der Waals surface area contributed by atoms with Crippen LogP contribution in [0.4, 0.5) is 4.79 Å². The minimum atomic E-state index is -1.42. The Hall–Kier alpha value is -1.30. The van der Waals surface area contributed by atoms with Gasteiger partial charge in [-0.15, -0.1) is 0 Å². The number of aliphatic carboxylic acids is 1. The van der Waals surface area contributed by atoms with Crippen molar-refractivity contribution in [2.24, 2.45) is 0 Å². The average molecular weight is 232 g/mol. The number of carboxylic acid groups (broad SMARTS) is 1. The zero-order valence-electron chi connectivity index (χ0n) is 9.69. The molecule has 2 unspecified atom stereocenters. The van der Waals surface area contributed by atoms with Crippen molar-refractivity contribution < 1.29 is 19.8 Å². The van der Waals surface area contributed by atoms with Crippen molar-refractivity contribution >= 4 is 12.0 Å². The summed E-state index contributed by atoms with van der Waals surface area (Å²) in [6.45, 7) is 4.06. The normalized spacial score (nSPS) is 13.9. The van der Waals surface area contributed by atoms with Gasteiger partial charge in [0, 0.05) is 19.0 Å². The Bertz CT molecular complexity index is 233. The van der Waals surface area contributed by atoms with Crippen molar-refractivity contribution in [3.8, 4) is 0 Å². The Morgan fingerprint density at radius 1 is 1.31 bits per heavy atom. The van der Waals surface area contributed by atoms with E-state index in [1.807, 2.05) is 13.8 Å². The Morgan fingerprint density at radius 3 is 2.44 bits per heavy atom. The second-order valence-corrected chi connectivity index (χ2v) is 3.73. The van der Waals surface area contributed by atoms with Gasteiger partial charge in [-0.2, -0.15) is 0 Å². The van der Waals surface area contributed by atoms with Crippen molar-refractivity contribution in [1.82, 2.24) is 10.6 Å². The van der Waals surface area contributed by atoms with Gasteiger partial charge in [-0.3, -0.25) is 0 Å². The lowest BCUT2D eigenvalue weighted by atomic mass is 10.2. The largest absolute Gasteiger partial charge is 0.479 e. The molecule has 0 aliphatic carbocycles. The van der Waals surface area contributed by atoms with Crippen LogP contribution in [-0.2, 0) is 4.79 Å². The van der Waals surface area contributed by atoms with Crippen LogP contribution in [0.2, 0.25) is 0 Å². The number of hydrogen-bond donors (Lipinski definition) is 4. The molecule has 0 spiro atoms. The molecule has 0 aromatic heterocycles. The van der Waals surface area contributed by atoms with Gasteiger partial charge in [0.15, 0.2) is 6.10 Å². The van der Waals surface area contributed by atoms with Gasteiger partial charge in [-0.1, -0.05) is 13.3 Å². The van der Waals surface area contributed by atoms with Gasteiger partial charge in [0.05, 0.1) is 0 Å². The van der Waals surface area contributed by atoms with Crippen molar-refractivity contribution in [2.75, 3.05) is 6.54 Å². The van der Waals surface area contributed by atoms with Gasteiger partial charge in [0.2, 0.25) is 0 Å². The first-order chi connectivity index (χ1) is 7.47. The highest BCUT2D eigenvalue weighted by molar-refractivity contribution is 5.74. The standard InChI is InChI=1S/C10H20N2O4/c1-3-4-7(2)12-10(16)11-6-5-8(13)9(14)15/h7-8,13H,3-6H2,1-2H3,(H,14,15)(H2,11,12,16). The summed E-state index contributed by atoms with van der Waals surface area (Å²) in [6, 6.07) is -0.243. The number of carboxylic acids is 1. The van der Waals surface area contributed by atoms with Crippen LogP contribution in [0.5, 0.6) is 0 Å². The lowest BCUT2D eigenvalue weighted by Gasteiger charge is -2.13. The van der Waals surface area contributed by atoms with Crippen LogP contribution in [0.15, 0.2) is 0 Å². The molecule has 0 rings (SSSR count). The van der Waals surface area contributed by atoms with Gasteiger partial charge < -0.3 is 20.8 Å². The van der Waals surface area contributed by atoms with Crippen molar-refractivity contribution in [2.45, 2.75) is 45.3 Å². The minimum absolute atomic E-state index is 0.00487. The summed E-state index contributed by atoms with van der Waals surface area (Å²) >= 11 is 0. The molecular formula is C10H20N2O4.